The summed E-state index contributed by atoms with van der Waals surface area (Å²) < 4.78 is 16.7. The van der Waals surface area contributed by atoms with Crippen molar-refractivity contribution in [3.63, 3.8) is 0 Å². The molecule has 0 aliphatic carbocycles. The number of carbonyl (C=O) groups is 3. The molecule has 6 nitrogen and oxygen atoms in total. The molecular formula is C59H92O6. The smallest absolute Gasteiger partial charge is 0.306 e. The Bertz CT molecular complexity index is 1450. The van der Waals surface area contributed by atoms with E-state index < -0.39 is 6.10 Å². The van der Waals surface area contributed by atoms with Gasteiger partial charge < -0.3 is 14.2 Å². The first-order chi connectivity index (χ1) is 32.0. The zero-order valence-corrected chi connectivity index (χ0v) is 41.4. The van der Waals surface area contributed by atoms with Gasteiger partial charge in [-0.2, -0.15) is 0 Å². The fourth-order valence-electron chi connectivity index (χ4n) is 6.54. The number of hydrogen-bond donors (Lipinski definition) is 0. The maximum Gasteiger partial charge on any atom is 0.306 e. The van der Waals surface area contributed by atoms with Crippen LogP contribution in [-0.2, 0) is 28.6 Å². The molecule has 1 unspecified atom stereocenters. The van der Waals surface area contributed by atoms with Gasteiger partial charge in [-0.1, -0.05) is 231 Å². The SMILES string of the molecule is CC/C=C/C=C/C=C/C=C/C=C/C=C/C=C/CCCCCC(=O)OCC(COC(=O)CCCCCCC/C=C/C=C/C=C/CC)OC(=O)CCCCCCCCC/C=C/CCCCCC. The number of esters is 3. The molecule has 0 aliphatic heterocycles. The van der Waals surface area contributed by atoms with Gasteiger partial charge >= 0.3 is 17.9 Å². The third-order valence-corrected chi connectivity index (χ3v) is 10.4. The van der Waals surface area contributed by atoms with Crippen molar-refractivity contribution < 1.29 is 28.6 Å². The second-order valence-corrected chi connectivity index (χ2v) is 16.6. The molecule has 65 heavy (non-hydrogen) atoms. The van der Waals surface area contributed by atoms with E-state index in [1.165, 1.54) is 64.2 Å². The van der Waals surface area contributed by atoms with E-state index in [-0.39, 0.29) is 31.1 Å². The second-order valence-electron chi connectivity index (χ2n) is 16.6. The molecule has 0 heterocycles. The van der Waals surface area contributed by atoms with Gasteiger partial charge in [0.2, 0.25) is 0 Å². The first-order valence-electron chi connectivity index (χ1n) is 25.8. The number of unbranched alkanes of at least 4 members (excludes halogenated alkanes) is 19. The second kappa shape index (κ2) is 52.2. The predicted molar refractivity (Wildman–Crippen MR) is 279 cm³/mol. The van der Waals surface area contributed by atoms with Crippen molar-refractivity contribution in [3.8, 4) is 0 Å². The summed E-state index contributed by atoms with van der Waals surface area (Å²) >= 11 is 0. The summed E-state index contributed by atoms with van der Waals surface area (Å²) in [7, 11) is 0. The normalized spacial score (nSPS) is 13.2. The highest BCUT2D eigenvalue weighted by Crippen LogP contribution is 2.13. The largest absolute Gasteiger partial charge is 0.462 e. The monoisotopic (exact) mass is 897 g/mol. The Morgan fingerprint density at radius 3 is 1.00 bits per heavy atom. The van der Waals surface area contributed by atoms with E-state index in [4.69, 9.17) is 14.2 Å². The molecule has 0 amide bonds. The lowest BCUT2D eigenvalue weighted by atomic mass is 10.1. The molecule has 0 aromatic carbocycles. The van der Waals surface area contributed by atoms with Gasteiger partial charge in [0.25, 0.3) is 0 Å². The van der Waals surface area contributed by atoms with Crippen molar-refractivity contribution >= 4 is 17.9 Å². The lowest BCUT2D eigenvalue weighted by Gasteiger charge is -2.18. The third-order valence-electron chi connectivity index (χ3n) is 10.4. The van der Waals surface area contributed by atoms with Crippen LogP contribution >= 0.6 is 0 Å². The van der Waals surface area contributed by atoms with Crippen molar-refractivity contribution in [1.82, 2.24) is 0 Å². The van der Waals surface area contributed by atoms with E-state index in [0.29, 0.717) is 19.3 Å². The summed E-state index contributed by atoms with van der Waals surface area (Å²) in [6, 6.07) is 0. The van der Waals surface area contributed by atoms with Crippen molar-refractivity contribution in [2.24, 2.45) is 0 Å². The van der Waals surface area contributed by atoms with Crippen molar-refractivity contribution in [2.45, 2.75) is 207 Å². The minimum Gasteiger partial charge on any atom is -0.462 e. The minimum absolute atomic E-state index is 0.110. The molecule has 0 rings (SSSR count). The van der Waals surface area contributed by atoms with Crippen LogP contribution < -0.4 is 0 Å². The van der Waals surface area contributed by atoms with Gasteiger partial charge in [-0.3, -0.25) is 14.4 Å². The van der Waals surface area contributed by atoms with Crippen molar-refractivity contribution in [2.75, 3.05) is 13.2 Å². The van der Waals surface area contributed by atoms with E-state index in [1.807, 2.05) is 72.9 Å². The van der Waals surface area contributed by atoms with Gasteiger partial charge in [0.05, 0.1) is 0 Å². The van der Waals surface area contributed by atoms with E-state index in [1.54, 1.807) is 0 Å². The van der Waals surface area contributed by atoms with Gasteiger partial charge in [0, 0.05) is 19.3 Å². The Labute approximate surface area is 398 Å². The van der Waals surface area contributed by atoms with E-state index in [9.17, 15) is 14.4 Å². The van der Waals surface area contributed by atoms with Crippen LogP contribution in [-0.4, -0.2) is 37.2 Å². The summed E-state index contributed by atoms with van der Waals surface area (Å²) in [5, 5.41) is 0. The zero-order valence-electron chi connectivity index (χ0n) is 41.4. The van der Waals surface area contributed by atoms with Gasteiger partial charge in [0.15, 0.2) is 6.10 Å². The predicted octanol–water partition coefficient (Wildman–Crippen LogP) is 17.1. The van der Waals surface area contributed by atoms with Crippen LogP contribution in [0.5, 0.6) is 0 Å². The van der Waals surface area contributed by atoms with Gasteiger partial charge in [-0.05, 0) is 83.5 Å². The van der Waals surface area contributed by atoms with Gasteiger partial charge in [0.1, 0.15) is 13.2 Å². The molecule has 0 aliphatic rings. The lowest BCUT2D eigenvalue weighted by Crippen LogP contribution is -2.30. The Balaban J connectivity index is 4.55. The highest BCUT2D eigenvalue weighted by Gasteiger charge is 2.19. The number of ether oxygens (including phenoxy) is 3. The van der Waals surface area contributed by atoms with E-state index in [0.717, 1.165) is 96.3 Å². The number of hydrogen-bond acceptors (Lipinski definition) is 6. The molecule has 0 aromatic heterocycles. The fraction of sp³-hybridized carbons (Fsp3) is 0.576. The highest BCUT2D eigenvalue weighted by molar-refractivity contribution is 5.71. The summed E-state index contributed by atoms with van der Waals surface area (Å²) in [4.78, 5) is 38.0. The fourth-order valence-corrected chi connectivity index (χ4v) is 6.54. The van der Waals surface area contributed by atoms with Crippen LogP contribution in [0.4, 0.5) is 0 Å². The molecule has 0 N–H and O–H groups in total. The quantitative estimate of drug-likeness (QED) is 0.0199. The highest BCUT2D eigenvalue weighted by atomic mass is 16.6. The van der Waals surface area contributed by atoms with Crippen LogP contribution in [0.15, 0.2) is 134 Å². The topological polar surface area (TPSA) is 78.9 Å². The van der Waals surface area contributed by atoms with Crippen LogP contribution in [0.25, 0.3) is 0 Å². The van der Waals surface area contributed by atoms with Crippen LogP contribution in [0.2, 0.25) is 0 Å². The van der Waals surface area contributed by atoms with Crippen LogP contribution in [0.1, 0.15) is 201 Å². The third kappa shape index (κ3) is 50.4. The maximum atomic E-state index is 12.8. The molecule has 0 aromatic rings. The lowest BCUT2D eigenvalue weighted by molar-refractivity contribution is -0.167. The Morgan fingerprint density at radius 2 is 0.615 bits per heavy atom. The summed E-state index contributed by atoms with van der Waals surface area (Å²) in [5.41, 5.74) is 0. The zero-order chi connectivity index (χ0) is 47.2. The standard InChI is InChI=1S/C59H92O6/c1-4-7-10-13-16-19-22-25-27-28-29-30-32-34-37-40-43-46-49-52-58(61)64-55-56(54-63-57(60)51-48-45-42-39-36-33-24-21-18-15-12-9-6-3)65-59(62)53-50-47-44-41-38-35-31-26-23-20-17-14-11-8-5-2/h7,9-10,12-13,15-16,18-25,27-30,32,34,37,56H,4-6,8,11,14,17,26,31,33,35-36,38-55H2,1-3H3/b10-7+,12-9+,16-13+,18-15+,22-19+,23-20+,24-21+,27-25+,29-28+,32-30+,37-34+. The minimum atomic E-state index is -0.812. The molecule has 6 heteroatoms. The van der Waals surface area contributed by atoms with Gasteiger partial charge in [-0.25, -0.2) is 0 Å². The first kappa shape index (κ1) is 60.5. The molecule has 1 atom stereocenters. The number of carbonyl (C=O) groups excluding carboxylic acids is 3. The van der Waals surface area contributed by atoms with Crippen LogP contribution in [0, 0.1) is 0 Å². The maximum absolute atomic E-state index is 12.8. The average Bonchev–Trinajstić information content (AvgIpc) is 3.30. The molecule has 0 bridgehead atoms. The van der Waals surface area contributed by atoms with Crippen molar-refractivity contribution in [3.05, 3.63) is 134 Å². The summed E-state index contributed by atoms with van der Waals surface area (Å²) in [5.74, 6) is -0.989. The molecular weight excluding hydrogens is 805 g/mol. The molecule has 0 spiro atoms. The molecule has 0 saturated heterocycles. The van der Waals surface area contributed by atoms with Crippen molar-refractivity contribution in [1.29, 1.82) is 0 Å². The molecule has 0 fully saturated rings. The summed E-state index contributed by atoms with van der Waals surface area (Å²) in [6.07, 6.45) is 72.8. The average molecular weight is 897 g/mol. The Kier molecular flexibility index (Phi) is 48.6. The molecule has 364 valence electrons. The van der Waals surface area contributed by atoms with E-state index in [2.05, 4.69) is 81.5 Å². The Hall–Kier alpha value is -4.45. The van der Waals surface area contributed by atoms with E-state index >= 15 is 0 Å². The molecule has 0 saturated carbocycles. The molecule has 0 radical (unpaired) electrons. The number of allylic oxidation sites excluding steroid dienone is 22. The number of rotatable bonds is 44. The summed E-state index contributed by atoms with van der Waals surface area (Å²) in [6.45, 7) is 6.26. The van der Waals surface area contributed by atoms with Gasteiger partial charge in [-0.15, -0.1) is 0 Å². The Morgan fingerprint density at radius 1 is 0.323 bits per heavy atom. The first-order valence-corrected chi connectivity index (χ1v) is 25.8. The van der Waals surface area contributed by atoms with Crippen LogP contribution in [0.3, 0.4) is 0 Å².